The molecule has 2 aromatic rings. The molecule has 2 aromatic carbocycles. The van der Waals surface area contributed by atoms with E-state index in [2.05, 4.69) is 6.07 Å². The highest BCUT2D eigenvalue weighted by Gasteiger charge is 2.06. The second kappa shape index (κ2) is 8.39. The number of carbonyl (C=O) groups excluding carboxylic acids is 1. The predicted molar refractivity (Wildman–Crippen MR) is 90.5 cm³/mol. The summed E-state index contributed by atoms with van der Waals surface area (Å²) in [6, 6.07) is 14.4. The number of ether oxygens (including phenoxy) is 3. The van der Waals surface area contributed by atoms with Crippen LogP contribution in [0.1, 0.15) is 15.9 Å². The average molecular weight is 323 g/mol. The zero-order valence-electron chi connectivity index (χ0n) is 13.5. The SMILES string of the molecule is COc1ccc(/C=C(\C#N)COc2ccc(OC)cc2C=O)cc1. The van der Waals surface area contributed by atoms with Crippen molar-refractivity contribution in [3.8, 4) is 23.3 Å². The van der Waals surface area contributed by atoms with E-state index in [4.69, 9.17) is 14.2 Å². The van der Waals surface area contributed by atoms with Crippen LogP contribution in [0.2, 0.25) is 0 Å². The number of rotatable bonds is 7. The quantitative estimate of drug-likeness (QED) is 0.576. The smallest absolute Gasteiger partial charge is 0.153 e. The molecule has 0 aliphatic carbocycles. The van der Waals surface area contributed by atoms with Crippen LogP contribution in [-0.2, 0) is 0 Å². The summed E-state index contributed by atoms with van der Waals surface area (Å²) in [5.41, 5.74) is 1.67. The molecular formula is C19H17NO4. The minimum atomic E-state index is 0.0652. The molecule has 0 unspecified atom stereocenters. The number of carbonyl (C=O) groups is 1. The summed E-state index contributed by atoms with van der Waals surface area (Å²) >= 11 is 0. The average Bonchev–Trinajstić information content (AvgIpc) is 2.65. The van der Waals surface area contributed by atoms with E-state index in [0.717, 1.165) is 11.3 Å². The molecule has 5 heteroatoms. The lowest BCUT2D eigenvalue weighted by molar-refractivity contribution is 0.111. The third-order valence-electron chi connectivity index (χ3n) is 3.33. The van der Waals surface area contributed by atoms with Gasteiger partial charge in [0, 0.05) is 0 Å². The van der Waals surface area contributed by atoms with Crippen molar-refractivity contribution in [1.82, 2.24) is 0 Å². The maximum atomic E-state index is 11.1. The Morgan fingerprint density at radius 1 is 1.08 bits per heavy atom. The number of nitrogens with zero attached hydrogens (tertiary/aromatic N) is 1. The first-order chi connectivity index (χ1) is 11.7. The normalized spacial score (nSPS) is 10.6. The summed E-state index contributed by atoms with van der Waals surface area (Å²) in [5, 5.41) is 9.26. The van der Waals surface area contributed by atoms with E-state index in [9.17, 15) is 10.1 Å². The van der Waals surface area contributed by atoms with Crippen molar-refractivity contribution < 1.29 is 19.0 Å². The Hall–Kier alpha value is -3.26. The molecule has 0 fully saturated rings. The van der Waals surface area contributed by atoms with Gasteiger partial charge in [-0.25, -0.2) is 0 Å². The zero-order chi connectivity index (χ0) is 17.4. The van der Waals surface area contributed by atoms with E-state index >= 15 is 0 Å². The Kier molecular flexibility index (Phi) is 5.98. The van der Waals surface area contributed by atoms with Gasteiger partial charge in [-0.05, 0) is 42.0 Å². The maximum Gasteiger partial charge on any atom is 0.153 e. The lowest BCUT2D eigenvalue weighted by Gasteiger charge is -2.09. The van der Waals surface area contributed by atoms with Crippen LogP contribution in [0.4, 0.5) is 0 Å². The molecule has 122 valence electrons. The minimum Gasteiger partial charge on any atom is -0.497 e. The minimum absolute atomic E-state index is 0.0652. The van der Waals surface area contributed by atoms with E-state index in [1.165, 1.54) is 7.11 Å². The third-order valence-corrected chi connectivity index (χ3v) is 3.33. The highest BCUT2D eigenvalue weighted by atomic mass is 16.5. The molecule has 5 nitrogen and oxygen atoms in total. The fourth-order valence-corrected chi connectivity index (χ4v) is 2.04. The largest absolute Gasteiger partial charge is 0.497 e. The van der Waals surface area contributed by atoms with Gasteiger partial charge < -0.3 is 14.2 Å². The molecule has 0 amide bonds. The molecule has 0 saturated heterocycles. The number of benzene rings is 2. The van der Waals surface area contributed by atoms with Crippen molar-refractivity contribution in [2.24, 2.45) is 0 Å². The summed E-state index contributed by atoms with van der Waals surface area (Å²) in [6.45, 7) is 0.0652. The molecule has 24 heavy (non-hydrogen) atoms. The Morgan fingerprint density at radius 3 is 2.33 bits per heavy atom. The summed E-state index contributed by atoms with van der Waals surface area (Å²) in [6.07, 6.45) is 2.42. The van der Waals surface area contributed by atoms with Crippen LogP contribution >= 0.6 is 0 Å². The first kappa shape index (κ1) is 17.1. The zero-order valence-corrected chi connectivity index (χ0v) is 13.5. The van der Waals surface area contributed by atoms with Crippen molar-refractivity contribution in [3.05, 3.63) is 59.2 Å². The van der Waals surface area contributed by atoms with Gasteiger partial charge in [-0.3, -0.25) is 4.79 Å². The van der Waals surface area contributed by atoms with Gasteiger partial charge in [0.25, 0.3) is 0 Å². The summed E-state index contributed by atoms with van der Waals surface area (Å²) < 4.78 is 15.8. The van der Waals surface area contributed by atoms with E-state index in [1.54, 1.807) is 31.4 Å². The van der Waals surface area contributed by atoms with Crippen LogP contribution in [0.15, 0.2) is 48.0 Å². The Labute approximate surface area is 140 Å². The summed E-state index contributed by atoms with van der Waals surface area (Å²) in [4.78, 5) is 11.1. The molecule has 2 rings (SSSR count). The number of aldehydes is 1. The fraction of sp³-hybridized carbons (Fsp3) is 0.158. The van der Waals surface area contributed by atoms with Crippen molar-refractivity contribution in [1.29, 1.82) is 5.26 Å². The van der Waals surface area contributed by atoms with Gasteiger partial charge in [-0.1, -0.05) is 12.1 Å². The molecule has 0 heterocycles. The van der Waals surface area contributed by atoms with Gasteiger partial charge >= 0.3 is 0 Å². The lowest BCUT2D eigenvalue weighted by Crippen LogP contribution is -2.02. The Balaban J connectivity index is 2.12. The molecule has 0 radical (unpaired) electrons. The van der Waals surface area contributed by atoms with Gasteiger partial charge in [0.2, 0.25) is 0 Å². The highest BCUT2D eigenvalue weighted by Crippen LogP contribution is 2.23. The third kappa shape index (κ3) is 4.37. The first-order valence-corrected chi connectivity index (χ1v) is 7.21. The lowest BCUT2D eigenvalue weighted by atomic mass is 10.1. The van der Waals surface area contributed by atoms with E-state index in [-0.39, 0.29) is 6.61 Å². The standard InChI is InChI=1S/C19H17NO4/c1-22-17-5-3-14(4-6-17)9-15(11-20)13-24-19-8-7-18(23-2)10-16(19)12-21/h3-10,12H,13H2,1-2H3/b15-9+. The number of hydrogen-bond acceptors (Lipinski definition) is 5. The van der Waals surface area contributed by atoms with E-state index in [0.29, 0.717) is 28.9 Å². The van der Waals surface area contributed by atoms with Crippen LogP contribution in [0.3, 0.4) is 0 Å². The summed E-state index contributed by atoms with van der Waals surface area (Å²) in [7, 11) is 3.12. The second-order valence-electron chi connectivity index (χ2n) is 4.86. The second-order valence-corrected chi connectivity index (χ2v) is 4.86. The number of nitriles is 1. The van der Waals surface area contributed by atoms with Crippen molar-refractivity contribution in [2.45, 2.75) is 0 Å². The molecule has 0 N–H and O–H groups in total. The Morgan fingerprint density at radius 2 is 1.75 bits per heavy atom. The van der Waals surface area contributed by atoms with Crippen LogP contribution in [-0.4, -0.2) is 27.1 Å². The van der Waals surface area contributed by atoms with Crippen molar-refractivity contribution in [2.75, 3.05) is 20.8 Å². The van der Waals surface area contributed by atoms with E-state index < -0.39 is 0 Å². The van der Waals surface area contributed by atoms with E-state index in [1.807, 2.05) is 24.3 Å². The Bertz CT molecular complexity index is 773. The fourth-order valence-electron chi connectivity index (χ4n) is 2.04. The van der Waals surface area contributed by atoms with Gasteiger partial charge in [0.05, 0.1) is 31.4 Å². The first-order valence-electron chi connectivity index (χ1n) is 7.21. The molecule has 0 spiro atoms. The van der Waals surface area contributed by atoms with Crippen molar-refractivity contribution >= 4 is 12.4 Å². The van der Waals surface area contributed by atoms with Gasteiger partial charge in [0.15, 0.2) is 6.29 Å². The molecule has 0 aromatic heterocycles. The predicted octanol–water partition coefficient (Wildman–Crippen LogP) is 3.50. The van der Waals surface area contributed by atoms with Gasteiger partial charge in [-0.2, -0.15) is 5.26 Å². The number of hydrogen-bond donors (Lipinski definition) is 0. The molecule has 0 aliphatic rings. The summed E-state index contributed by atoms with van der Waals surface area (Å²) in [5.74, 6) is 1.72. The number of methoxy groups -OCH3 is 2. The maximum absolute atomic E-state index is 11.1. The van der Waals surface area contributed by atoms with Crippen LogP contribution in [0.25, 0.3) is 6.08 Å². The van der Waals surface area contributed by atoms with Gasteiger partial charge in [0.1, 0.15) is 23.9 Å². The molecule has 0 bridgehead atoms. The highest BCUT2D eigenvalue weighted by molar-refractivity contribution is 5.80. The van der Waals surface area contributed by atoms with Crippen LogP contribution < -0.4 is 14.2 Å². The van der Waals surface area contributed by atoms with Crippen LogP contribution in [0.5, 0.6) is 17.2 Å². The monoisotopic (exact) mass is 323 g/mol. The van der Waals surface area contributed by atoms with Gasteiger partial charge in [-0.15, -0.1) is 0 Å². The molecule has 0 aliphatic heterocycles. The molecule has 0 atom stereocenters. The molecule has 0 saturated carbocycles. The topological polar surface area (TPSA) is 68.6 Å². The van der Waals surface area contributed by atoms with Crippen molar-refractivity contribution in [3.63, 3.8) is 0 Å². The molecular weight excluding hydrogens is 306 g/mol. The van der Waals surface area contributed by atoms with Crippen LogP contribution in [0, 0.1) is 11.3 Å².